The van der Waals surface area contributed by atoms with Crippen LogP contribution >= 0.6 is 0 Å². The number of piperidine rings is 1. The van der Waals surface area contributed by atoms with Crippen molar-refractivity contribution in [2.45, 2.75) is 45.2 Å². The summed E-state index contributed by atoms with van der Waals surface area (Å²) < 4.78 is 10.6. The number of nitrogens with zero attached hydrogens (tertiary/aromatic N) is 1. The molecule has 6 nitrogen and oxygen atoms in total. The predicted molar refractivity (Wildman–Crippen MR) is 106 cm³/mol. The first-order chi connectivity index (χ1) is 13.6. The van der Waals surface area contributed by atoms with Gasteiger partial charge in [0.1, 0.15) is 11.5 Å². The lowest BCUT2D eigenvalue weighted by atomic mass is 9.83. The van der Waals surface area contributed by atoms with Crippen LogP contribution in [0.2, 0.25) is 0 Å². The molecule has 1 aliphatic heterocycles. The number of hydrogen-bond acceptors (Lipinski definition) is 4. The summed E-state index contributed by atoms with van der Waals surface area (Å²) in [6.45, 7) is 3.11. The van der Waals surface area contributed by atoms with Crippen LogP contribution in [-0.2, 0) is 16.1 Å². The van der Waals surface area contributed by atoms with Gasteiger partial charge in [0, 0.05) is 13.0 Å². The molecule has 3 rings (SSSR count). The van der Waals surface area contributed by atoms with Crippen LogP contribution < -0.4 is 10.1 Å². The smallest absolute Gasteiger partial charge is 0.225 e. The van der Waals surface area contributed by atoms with E-state index in [-0.39, 0.29) is 23.8 Å². The molecule has 1 saturated heterocycles. The Hall–Kier alpha value is -2.76. The van der Waals surface area contributed by atoms with Crippen LogP contribution in [-0.4, -0.2) is 30.4 Å². The Kier molecular flexibility index (Phi) is 6.74. The third-order valence-corrected chi connectivity index (χ3v) is 5.27. The van der Waals surface area contributed by atoms with Crippen LogP contribution in [0.3, 0.4) is 0 Å². The molecule has 1 aromatic carbocycles. The van der Waals surface area contributed by atoms with E-state index in [1.54, 1.807) is 19.4 Å². The second-order valence-electron chi connectivity index (χ2n) is 7.10. The fourth-order valence-electron chi connectivity index (χ4n) is 3.75. The average Bonchev–Trinajstić information content (AvgIpc) is 3.24. The van der Waals surface area contributed by atoms with Gasteiger partial charge in [0.05, 0.1) is 31.9 Å². The number of hydrogen-bond donors (Lipinski definition) is 1. The van der Waals surface area contributed by atoms with Crippen molar-refractivity contribution >= 4 is 11.8 Å². The number of nitrogens with one attached hydrogen (secondary N) is 1. The topological polar surface area (TPSA) is 71.8 Å². The van der Waals surface area contributed by atoms with Crippen molar-refractivity contribution in [2.75, 3.05) is 13.7 Å². The van der Waals surface area contributed by atoms with Gasteiger partial charge < -0.3 is 19.4 Å². The number of benzene rings is 1. The first kappa shape index (κ1) is 20.0. The molecule has 1 aliphatic rings. The highest BCUT2D eigenvalue weighted by Gasteiger charge is 2.40. The molecule has 1 N–H and O–H groups in total. The number of furan rings is 1. The summed E-state index contributed by atoms with van der Waals surface area (Å²) in [5.74, 6) is 1.24. The van der Waals surface area contributed by atoms with Gasteiger partial charge in [-0.05, 0) is 42.7 Å². The Morgan fingerprint density at radius 3 is 2.71 bits per heavy atom. The normalized spacial score (nSPS) is 19.5. The van der Waals surface area contributed by atoms with Crippen molar-refractivity contribution < 1.29 is 18.7 Å². The van der Waals surface area contributed by atoms with Gasteiger partial charge in [0.2, 0.25) is 11.8 Å². The molecule has 0 saturated carbocycles. The highest BCUT2D eigenvalue weighted by molar-refractivity contribution is 5.85. The molecule has 150 valence electrons. The molecule has 6 heteroatoms. The second kappa shape index (κ2) is 9.44. The van der Waals surface area contributed by atoms with E-state index in [9.17, 15) is 9.59 Å². The second-order valence-corrected chi connectivity index (χ2v) is 7.10. The van der Waals surface area contributed by atoms with Crippen LogP contribution in [0, 0.1) is 5.92 Å². The minimum atomic E-state index is -0.294. The predicted octanol–water partition coefficient (Wildman–Crippen LogP) is 3.68. The minimum absolute atomic E-state index is 0.0498. The number of amides is 2. The van der Waals surface area contributed by atoms with Crippen molar-refractivity contribution in [2.24, 2.45) is 5.92 Å². The number of methoxy groups -OCH3 is 1. The van der Waals surface area contributed by atoms with Crippen LogP contribution in [0.25, 0.3) is 0 Å². The summed E-state index contributed by atoms with van der Waals surface area (Å²) in [5, 5.41) is 2.97. The molecule has 0 unspecified atom stereocenters. The lowest BCUT2D eigenvalue weighted by molar-refractivity contribution is -0.143. The van der Waals surface area contributed by atoms with Gasteiger partial charge in [-0.15, -0.1) is 0 Å². The maximum absolute atomic E-state index is 13.0. The van der Waals surface area contributed by atoms with Crippen LogP contribution in [0.1, 0.15) is 50.0 Å². The Labute approximate surface area is 165 Å². The number of likely N-dealkylation sites (tertiary alicyclic amines) is 1. The SMILES string of the molecule is CCCCN1C(=O)CC[C@@H](C(=O)NCc2ccco2)[C@H]1c1ccc(OC)cc1. The van der Waals surface area contributed by atoms with E-state index in [2.05, 4.69) is 12.2 Å². The number of ether oxygens (including phenoxy) is 1. The van der Waals surface area contributed by atoms with Crippen molar-refractivity contribution in [1.29, 1.82) is 0 Å². The van der Waals surface area contributed by atoms with E-state index in [4.69, 9.17) is 9.15 Å². The molecule has 28 heavy (non-hydrogen) atoms. The maximum atomic E-state index is 13.0. The molecule has 2 aromatic rings. The van der Waals surface area contributed by atoms with Crippen molar-refractivity contribution in [1.82, 2.24) is 10.2 Å². The molecule has 2 heterocycles. The van der Waals surface area contributed by atoms with Crippen LogP contribution in [0.15, 0.2) is 47.1 Å². The number of unbranched alkanes of at least 4 members (excludes halogenated alkanes) is 1. The van der Waals surface area contributed by atoms with Gasteiger partial charge in [-0.25, -0.2) is 0 Å². The lowest BCUT2D eigenvalue weighted by Crippen LogP contribution is -2.48. The molecular weight excluding hydrogens is 356 g/mol. The van der Waals surface area contributed by atoms with Crippen LogP contribution in [0.4, 0.5) is 0 Å². The third kappa shape index (κ3) is 4.55. The van der Waals surface area contributed by atoms with E-state index in [1.165, 1.54) is 0 Å². The van der Waals surface area contributed by atoms with E-state index >= 15 is 0 Å². The van der Waals surface area contributed by atoms with E-state index < -0.39 is 0 Å². The largest absolute Gasteiger partial charge is 0.497 e. The van der Waals surface area contributed by atoms with Gasteiger partial charge in [-0.2, -0.15) is 0 Å². The highest BCUT2D eigenvalue weighted by atomic mass is 16.5. The summed E-state index contributed by atoms with van der Waals surface area (Å²) in [6, 6.07) is 11.0. The number of carbonyl (C=O) groups is 2. The van der Waals surface area contributed by atoms with Crippen molar-refractivity contribution in [3.8, 4) is 5.75 Å². The van der Waals surface area contributed by atoms with Crippen molar-refractivity contribution in [3.05, 3.63) is 54.0 Å². The molecule has 1 aromatic heterocycles. The number of rotatable bonds is 8. The van der Waals surface area contributed by atoms with Crippen LogP contribution in [0.5, 0.6) is 5.75 Å². The summed E-state index contributed by atoms with van der Waals surface area (Å²) in [5.41, 5.74) is 0.961. The first-order valence-electron chi connectivity index (χ1n) is 9.87. The zero-order valence-corrected chi connectivity index (χ0v) is 16.5. The first-order valence-corrected chi connectivity index (χ1v) is 9.87. The molecular formula is C22H28N2O4. The fraction of sp³-hybridized carbons (Fsp3) is 0.455. The van der Waals surface area contributed by atoms with Gasteiger partial charge in [0.25, 0.3) is 0 Å². The Bertz CT molecular complexity index is 770. The summed E-state index contributed by atoms with van der Waals surface area (Å²) in [7, 11) is 1.62. The summed E-state index contributed by atoms with van der Waals surface area (Å²) in [6.07, 6.45) is 4.44. The molecule has 0 aliphatic carbocycles. The van der Waals surface area contributed by atoms with E-state index in [0.717, 1.165) is 24.2 Å². The highest BCUT2D eigenvalue weighted by Crippen LogP contribution is 2.37. The van der Waals surface area contributed by atoms with E-state index in [1.807, 2.05) is 35.2 Å². The standard InChI is InChI=1S/C22H28N2O4/c1-3-4-13-24-20(25)12-11-19(22(26)23-15-18-6-5-14-28-18)21(24)16-7-9-17(27-2)10-8-16/h5-10,14,19,21H,3-4,11-13,15H2,1-2H3,(H,23,26)/t19-,21-/m1/s1. The van der Waals surface area contributed by atoms with Gasteiger partial charge >= 0.3 is 0 Å². The zero-order chi connectivity index (χ0) is 19.9. The summed E-state index contributed by atoms with van der Waals surface area (Å²) in [4.78, 5) is 27.6. The fourth-order valence-corrected chi connectivity index (χ4v) is 3.75. The third-order valence-electron chi connectivity index (χ3n) is 5.27. The Morgan fingerprint density at radius 1 is 1.29 bits per heavy atom. The minimum Gasteiger partial charge on any atom is -0.497 e. The quantitative estimate of drug-likeness (QED) is 0.754. The molecule has 1 fully saturated rings. The van der Waals surface area contributed by atoms with Gasteiger partial charge in [-0.3, -0.25) is 9.59 Å². The zero-order valence-electron chi connectivity index (χ0n) is 16.5. The molecule has 2 amide bonds. The van der Waals surface area contributed by atoms with E-state index in [0.29, 0.717) is 31.7 Å². The molecule has 2 atom stereocenters. The Balaban J connectivity index is 1.83. The Morgan fingerprint density at radius 2 is 2.07 bits per heavy atom. The van der Waals surface area contributed by atoms with Gasteiger partial charge in [-0.1, -0.05) is 25.5 Å². The van der Waals surface area contributed by atoms with Crippen molar-refractivity contribution in [3.63, 3.8) is 0 Å². The lowest BCUT2D eigenvalue weighted by Gasteiger charge is -2.41. The molecule has 0 radical (unpaired) electrons. The monoisotopic (exact) mass is 384 g/mol. The number of carbonyl (C=O) groups excluding carboxylic acids is 2. The average molecular weight is 384 g/mol. The van der Waals surface area contributed by atoms with Gasteiger partial charge in [0.15, 0.2) is 0 Å². The molecule has 0 spiro atoms. The molecule has 0 bridgehead atoms. The maximum Gasteiger partial charge on any atom is 0.225 e. The summed E-state index contributed by atoms with van der Waals surface area (Å²) >= 11 is 0.